The highest BCUT2D eigenvalue weighted by Gasteiger charge is 2.73. The van der Waals surface area contributed by atoms with Crippen molar-refractivity contribution in [2.45, 2.75) is 19.0 Å². The topological polar surface area (TPSA) is 81.5 Å². The molecule has 0 radical (unpaired) electrons. The van der Waals surface area contributed by atoms with Crippen LogP contribution in [-0.4, -0.2) is 58.9 Å². The fourth-order valence-corrected chi connectivity index (χ4v) is 5.00. The molecule has 3 aliphatic rings. The van der Waals surface area contributed by atoms with Crippen molar-refractivity contribution in [3.05, 3.63) is 42.0 Å². The van der Waals surface area contributed by atoms with Crippen LogP contribution in [0.25, 0.3) is 10.8 Å². The number of urea groups is 1. The lowest BCUT2D eigenvalue weighted by Crippen LogP contribution is -2.62. The van der Waals surface area contributed by atoms with Gasteiger partial charge in [-0.05, 0) is 12.1 Å². The summed E-state index contributed by atoms with van der Waals surface area (Å²) >= 11 is 0. The summed E-state index contributed by atoms with van der Waals surface area (Å²) in [4.78, 5) is 42.2. The Hall–Kier alpha value is -3.08. The fraction of sp³-hybridized carbons (Fsp3) is 0.300. The molecule has 3 fully saturated rings. The quantitative estimate of drug-likeness (QED) is 0.600. The second-order valence-electron chi connectivity index (χ2n) is 7.50. The van der Waals surface area contributed by atoms with E-state index in [0.717, 1.165) is 0 Å². The zero-order valence-corrected chi connectivity index (χ0v) is 14.8. The van der Waals surface area contributed by atoms with Crippen molar-refractivity contribution in [2.24, 2.45) is 0 Å². The van der Waals surface area contributed by atoms with E-state index < -0.39 is 12.1 Å². The van der Waals surface area contributed by atoms with Crippen molar-refractivity contribution in [3.63, 3.8) is 0 Å². The lowest BCUT2D eigenvalue weighted by atomic mass is 10.0. The number of ketones is 1. The number of Topliss-reactive ketones (excluding diaryl/α,β-unsaturated/α-hetero) is 1. The Morgan fingerprint density at radius 2 is 1.89 bits per heavy atom. The molecule has 3 heterocycles. The number of imide groups is 1. The van der Waals surface area contributed by atoms with Gasteiger partial charge in [0.2, 0.25) is 0 Å². The Kier molecular flexibility index (Phi) is 3.12. The van der Waals surface area contributed by atoms with Crippen molar-refractivity contribution < 1.29 is 18.9 Å². The largest absolute Gasteiger partial charge is 0.433 e. The summed E-state index contributed by atoms with van der Waals surface area (Å²) < 4.78 is -0.109. The summed E-state index contributed by atoms with van der Waals surface area (Å²) in [7, 11) is 0. The summed E-state index contributed by atoms with van der Waals surface area (Å²) in [5, 5.41) is 10.8. The van der Waals surface area contributed by atoms with Crippen LogP contribution < -0.4 is 4.90 Å². The number of fused-ring (bicyclic) bond motifs is 2. The van der Waals surface area contributed by atoms with E-state index in [4.69, 9.17) is 0 Å². The summed E-state index contributed by atoms with van der Waals surface area (Å²) in [5.74, 6) is -0.321. The van der Waals surface area contributed by atoms with Crippen LogP contribution in [0.15, 0.2) is 36.4 Å². The third kappa shape index (κ3) is 1.84. The molecule has 5 rings (SSSR count). The Morgan fingerprint density at radius 1 is 1.15 bits per heavy atom. The number of carbonyl (C=O) groups excluding carboxylic acids is 3. The minimum atomic E-state index is -0.533. The Labute approximate surface area is 155 Å². The predicted molar refractivity (Wildman–Crippen MR) is 96.5 cm³/mol. The van der Waals surface area contributed by atoms with E-state index in [2.05, 4.69) is 6.07 Å². The molecule has 4 atom stereocenters. The van der Waals surface area contributed by atoms with E-state index in [1.165, 1.54) is 11.8 Å². The molecule has 2 aromatic rings. The number of quaternary nitrogens is 1. The molecule has 3 aliphatic heterocycles. The van der Waals surface area contributed by atoms with E-state index in [-0.39, 0.29) is 22.2 Å². The number of hydrogen-bond acceptors (Lipinski definition) is 5. The van der Waals surface area contributed by atoms with Crippen molar-refractivity contribution >= 4 is 34.2 Å². The molecule has 7 heteroatoms. The molecule has 7 nitrogen and oxygen atoms in total. The van der Waals surface area contributed by atoms with Crippen LogP contribution in [0, 0.1) is 11.3 Å². The summed E-state index contributed by atoms with van der Waals surface area (Å²) in [5.41, 5.74) is 0.984. The molecule has 2 aromatic carbocycles. The average molecular weight is 361 g/mol. The van der Waals surface area contributed by atoms with Crippen LogP contribution in [0.5, 0.6) is 0 Å². The van der Waals surface area contributed by atoms with Crippen molar-refractivity contribution in [3.8, 4) is 6.07 Å². The molecule has 2 bridgehead atoms. The van der Waals surface area contributed by atoms with E-state index in [1.54, 1.807) is 12.1 Å². The highest BCUT2D eigenvalue weighted by molar-refractivity contribution is 6.22. The number of piperazine rings is 1. The van der Waals surface area contributed by atoms with Crippen LogP contribution >= 0.6 is 0 Å². The summed E-state index contributed by atoms with van der Waals surface area (Å²) in [6.07, 6.45) is 0. The van der Waals surface area contributed by atoms with Gasteiger partial charge in [-0.25, -0.2) is 14.2 Å². The minimum absolute atomic E-state index is 0.0603. The first kappa shape index (κ1) is 16.1. The van der Waals surface area contributed by atoms with E-state index >= 15 is 0 Å². The number of nitrogens with zero attached hydrogens (tertiary/aromatic N) is 4. The van der Waals surface area contributed by atoms with Crippen molar-refractivity contribution in [1.29, 1.82) is 5.26 Å². The van der Waals surface area contributed by atoms with Gasteiger partial charge in [-0.15, -0.1) is 0 Å². The van der Waals surface area contributed by atoms with Gasteiger partial charge in [0.25, 0.3) is 5.91 Å². The number of benzene rings is 2. The highest BCUT2D eigenvalue weighted by Crippen LogP contribution is 2.44. The van der Waals surface area contributed by atoms with Gasteiger partial charge in [-0.3, -0.25) is 9.59 Å². The Morgan fingerprint density at radius 3 is 2.59 bits per heavy atom. The van der Waals surface area contributed by atoms with Crippen LogP contribution in [-0.2, 0) is 9.59 Å². The Balaban J connectivity index is 1.70. The molecule has 0 aromatic heterocycles. The molecule has 3 amide bonds. The average Bonchev–Trinajstić information content (AvgIpc) is 3.30. The number of anilines is 1. The predicted octanol–water partition coefficient (Wildman–Crippen LogP) is 1.61. The molecular formula is C20H17N4O3+. The zero-order valence-electron chi connectivity index (χ0n) is 14.8. The van der Waals surface area contributed by atoms with Crippen LogP contribution in [0.1, 0.15) is 12.5 Å². The lowest BCUT2D eigenvalue weighted by molar-refractivity contribution is -0.852. The maximum absolute atomic E-state index is 13.5. The molecule has 27 heavy (non-hydrogen) atoms. The van der Waals surface area contributed by atoms with Crippen molar-refractivity contribution in [2.75, 3.05) is 24.7 Å². The monoisotopic (exact) mass is 361 g/mol. The minimum Gasteiger partial charge on any atom is -0.293 e. The van der Waals surface area contributed by atoms with Crippen LogP contribution in [0.4, 0.5) is 10.5 Å². The normalized spacial score (nSPS) is 31.4. The van der Waals surface area contributed by atoms with E-state index in [1.807, 2.05) is 29.2 Å². The van der Waals surface area contributed by atoms with Crippen LogP contribution in [0.3, 0.4) is 0 Å². The second kappa shape index (κ2) is 5.22. The summed E-state index contributed by atoms with van der Waals surface area (Å²) in [6.45, 7) is 2.92. The third-order valence-electron chi connectivity index (χ3n) is 6.19. The number of hydrogen-bond donors (Lipinski definition) is 0. The van der Waals surface area contributed by atoms with E-state index in [9.17, 15) is 19.6 Å². The first-order valence-corrected chi connectivity index (χ1v) is 8.89. The maximum Gasteiger partial charge on any atom is 0.433 e. The Bertz CT molecular complexity index is 1090. The van der Waals surface area contributed by atoms with Gasteiger partial charge in [-0.2, -0.15) is 10.2 Å². The zero-order chi connectivity index (χ0) is 18.9. The molecule has 0 aliphatic carbocycles. The van der Waals surface area contributed by atoms with Gasteiger partial charge in [0.05, 0.1) is 30.4 Å². The van der Waals surface area contributed by atoms with Gasteiger partial charge < -0.3 is 0 Å². The third-order valence-corrected chi connectivity index (χ3v) is 6.19. The molecule has 134 valence electrons. The lowest BCUT2D eigenvalue weighted by Gasteiger charge is -2.32. The standard InChI is InChI=1S/C20H17N4O3/c1-12(25)17-9-22-10-18-19(26)23(20(27)24(17,18)11-22)16-7-6-13(8-21)14-4-2-3-5-15(14)16/h2-7,17-18H,9-11H2,1H3/q+1. The molecule has 3 unspecified atom stereocenters. The van der Waals surface area contributed by atoms with Gasteiger partial charge in [0, 0.05) is 17.7 Å². The first-order valence-electron chi connectivity index (χ1n) is 8.89. The maximum atomic E-state index is 13.5. The number of nitriles is 1. The highest BCUT2D eigenvalue weighted by atomic mass is 16.2. The molecular weight excluding hydrogens is 344 g/mol. The molecule has 0 N–H and O–H groups in total. The second-order valence-corrected chi connectivity index (χ2v) is 7.50. The van der Waals surface area contributed by atoms with E-state index in [0.29, 0.717) is 41.8 Å². The molecule has 3 saturated heterocycles. The number of rotatable bonds is 2. The van der Waals surface area contributed by atoms with Crippen LogP contribution in [0.2, 0.25) is 0 Å². The smallest absolute Gasteiger partial charge is 0.293 e. The van der Waals surface area contributed by atoms with Gasteiger partial charge in [-0.1, -0.05) is 24.3 Å². The van der Waals surface area contributed by atoms with Gasteiger partial charge in [0.1, 0.15) is 6.67 Å². The van der Waals surface area contributed by atoms with Crippen molar-refractivity contribution in [1.82, 2.24) is 4.90 Å². The SMILES string of the molecule is CC(=O)C1C[N@@]2CC3C(=O)N(c4ccc(C#N)c5ccccc45)C(=O)[N+]13C2. The van der Waals surface area contributed by atoms with Gasteiger partial charge in [0.15, 0.2) is 17.9 Å². The summed E-state index contributed by atoms with van der Waals surface area (Å²) in [6, 6.07) is 11.4. The number of amides is 3. The van der Waals surface area contributed by atoms with Gasteiger partial charge >= 0.3 is 6.03 Å². The molecule has 0 saturated carbocycles. The first-order chi connectivity index (χ1) is 13.0. The molecule has 1 spiro atoms. The number of carbonyl (C=O) groups is 3. The fourth-order valence-electron chi connectivity index (χ4n) is 5.00.